The third kappa shape index (κ3) is 4.00. The van der Waals surface area contributed by atoms with E-state index in [1.165, 1.54) is 4.88 Å². The Morgan fingerprint density at radius 2 is 1.92 bits per heavy atom. The zero-order chi connectivity index (χ0) is 24.6. The van der Waals surface area contributed by atoms with Crippen LogP contribution in [0, 0.1) is 0 Å². The molecule has 0 fully saturated rings. The highest BCUT2D eigenvalue weighted by molar-refractivity contribution is 7.16. The molecule has 0 aromatic carbocycles. The molecule has 0 saturated carbocycles. The maximum atomic E-state index is 4.98. The number of nitrogens with zero attached hydrogens (tertiary/aromatic N) is 4. The molecule has 0 unspecified atom stereocenters. The van der Waals surface area contributed by atoms with Crippen molar-refractivity contribution in [3.8, 4) is 33.1 Å². The second-order valence-corrected chi connectivity index (χ2v) is 9.89. The molecule has 0 saturated heterocycles. The molecular formula is C28H25N7S. The average Bonchev–Trinajstić information content (AvgIpc) is 3.64. The van der Waals surface area contributed by atoms with Crippen molar-refractivity contribution in [1.29, 1.82) is 0 Å². The summed E-state index contributed by atoms with van der Waals surface area (Å²) in [4.78, 5) is 19.7. The van der Waals surface area contributed by atoms with E-state index in [0.29, 0.717) is 0 Å². The predicted octanol–water partition coefficient (Wildman–Crippen LogP) is 6.43. The molecule has 6 heterocycles. The summed E-state index contributed by atoms with van der Waals surface area (Å²) in [5, 5.41) is 12.2. The highest BCUT2D eigenvalue weighted by atomic mass is 32.1. The van der Waals surface area contributed by atoms with Gasteiger partial charge in [0.15, 0.2) is 0 Å². The molecule has 0 radical (unpaired) electrons. The lowest BCUT2D eigenvalue weighted by Crippen LogP contribution is -2.11. The zero-order valence-electron chi connectivity index (χ0n) is 20.1. The molecule has 0 bridgehead atoms. The second-order valence-electron chi connectivity index (χ2n) is 8.80. The van der Waals surface area contributed by atoms with E-state index in [1.54, 1.807) is 11.3 Å². The van der Waals surface area contributed by atoms with Gasteiger partial charge in [0.1, 0.15) is 11.2 Å². The Morgan fingerprint density at radius 3 is 2.75 bits per heavy atom. The fourth-order valence-electron chi connectivity index (χ4n) is 4.33. The van der Waals surface area contributed by atoms with Crippen molar-refractivity contribution < 1.29 is 0 Å². The number of fused-ring (bicyclic) bond motifs is 2. The number of hydrogen-bond acceptors (Lipinski definition) is 6. The number of rotatable bonds is 7. The molecular weight excluding hydrogens is 466 g/mol. The Morgan fingerprint density at radius 1 is 1.03 bits per heavy atom. The quantitative estimate of drug-likeness (QED) is 0.239. The second kappa shape index (κ2) is 9.14. The van der Waals surface area contributed by atoms with Crippen LogP contribution < -0.4 is 5.32 Å². The first kappa shape index (κ1) is 22.3. The summed E-state index contributed by atoms with van der Waals surface area (Å²) in [6, 6.07) is 12.5. The van der Waals surface area contributed by atoms with Crippen molar-refractivity contribution in [2.24, 2.45) is 0 Å². The summed E-state index contributed by atoms with van der Waals surface area (Å²) in [6.45, 7) is 9.88. The molecule has 0 aliphatic rings. The van der Waals surface area contributed by atoms with Gasteiger partial charge < -0.3 is 10.3 Å². The van der Waals surface area contributed by atoms with Crippen LogP contribution in [0.25, 0.3) is 60.6 Å². The van der Waals surface area contributed by atoms with Crippen LogP contribution in [0.1, 0.15) is 24.3 Å². The Kier molecular flexibility index (Phi) is 5.67. The summed E-state index contributed by atoms with van der Waals surface area (Å²) in [5.41, 5.74) is 9.44. The lowest BCUT2D eigenvalue weighted by atomic mass is 10.1. The molecule has 178 valence electrons. The van der Waals surface area contributed by atoms with Crippen LogP contribution in [-0.2, 0) is 6.54 Å². The molecule has 8 heteroatoms. The van der Waals surface area contributed by atoms with Crippen LogP contribution in [0.5, 0.6) is 0 Å². The van der Waals surface area contributed by atoms with Gasteiger partial charge in [0.05, 0.1) is 28.6 Å². The van der Waals surface area contributed by atoms with Gasteiger partial charge in [-0.1, -0.05) is 13.5 Å². The number of aromatic amines is 2. The van der Waals surface area contributed by atoms with Crippen LogP contribution in [0.2, 0.25) is 0 Å². The van der Waals surface area contributed by atoms with Crippen LogP contribution in [0.3, 0.4) is 0 Å². The molecule has 0 aliphatic heterocycles. The normalized spacial score (nSPS) is 11.5. The van der Waals surface area contributed by atoms with Crippen molar-refractivity contribution in [3.05, 3.63) is 78.2 Å². The fraction of sp³-hybridized carbons (Fsp3) is 0.143. The van der Waals surface area contributed by atoms with Gasteiger partial charge in [-0.25, -0.2) is 4.98 Å². The molecule has 0 atom stereocenters. The van der Waals surface area contributed by atoms with Crippen molar-refractivity contribution in [2.75, 3.05) is 6.54 Å². The minimum absolute atomic E-state index is 0.777. The van der Waals surface area contributed by atoms with E-state index in [-0.39, 0.29) is 0 Å². The predicted molar refractivity (Wildman–Crippen MR) is 148 cm³/mol. The first-order chi connectivity index (χ1) is 17.6. The van der Waals surface area contributed by atoms with Gasteiger partial charge in [-0.2, -0.15) is 5.10 Å². The largest absolute Gasteiger partial charge is 0.352 e. The molecule has 7 nitrogen and oxygen atoms in total. The molecule has 36 heavy (non-hydrogen) atoms. The topological polar surface area (TPSA) is 95.2 Å². The average molecular weight is 492 g/mol. The van der Waals surface area contributed by atoms with Gasteiger partial charge in [0.25, 0.3) is 0 Å². The lowest BCUT2D eigenvalue weighted by Gasteiger charge is -2.05. The molecule has 6 aromatic heterocycles. The van der Waals surface area contributed by atoms with E-state index in [2.05, 4.69) is 68.2 Å². The number of allylic oxidation sites excluding steroid dienone is 1. The lowest BCUT2D eigenvalue weighted by molar-refractivity contribution is 0.724. The maximum absolute atomic E-state index is 4.98. The minimum Gasteiger partial charge on any atom is -0.352 e. The van der Waals surface area contributed by atoms with Gasteiger partial charge in [-0.15, -0.1) is 11.3 Å². The standard InChI is InChI=1S/C28H25N7S/c1-4-29-11-17-9-18(13-30-12-17)21-5-6-22-27(33-21)28(35-34-22)23-10-19-20(14-31-15-24(19)32-23)26-8-7-25(36-26)16(2)3/h5-10,12-15,29,32H,2,4,11H2,1,3H3,(H,34,35). The summed E-state index contributed by atoms with van der Waals surface area (Å²) in [7, 11) is 0. The Bertz CT molecular complexity index is 1720. The number of hydrogen-bond donors (Lipinski definition) is 3. The number of pyridine rings is 3. The van der Waals surface area contributed by atoms with Gasteiger partial charge in [-0.3, -0.25) is 15.1 Å². The molecule has 3 N–H and O–H groups in total. The highest BCUT2D eigenvalue weighted by Gasteiger charge is 2.16. The summed E-state index contributed by atoms with van der Waals surface area (Å²) in [5.74, 6) is 0. The van der Waals surface area contributed by atoms with Gasteiger partial charge in [0, 0.05) is 51.4 Å². The van der Waals surface area contributed by atoms with E-state index >= 15 is 0 Å². The molecule has 0 aliphatic carbocycles. The van der Waals surface area contributed by atoms with Crippen LogP contribution >= 0.6 is 11.3 Å². The minimum atomic E-state index is 0.777. The van der Waals surface area contributed by atoms with E-state index < -0.39 is 0 Å². The van der Waals surface area contributed by atoms with E-state index in [4.69, 9.17) is 4.98 Å². The summed E-state index contributed by atoms with van der Waals surface area (Å²) >= 11 is 1.73. The Balaban J connectivity index is 1.42. The zero-order valence-corrected chi connectivity index (χ0v) is 20.9. The SMILES string of the molecule is C=C(C)c1ccc(-c2cncc3[nH]c(-c4n[nH]c5ccc(-c6cncc(CNCC)c6)nc45)cc23)s1. The van der Waals surface area contributed by atoms with E-state index in [9.17, 15) is 0 Å². The smallest absolute Gasteiger partial charge is 0.135 e. The van der Waals surface area contributed by atoms with Crippen LogP contribution in [-0.4, -0.2) is 36.7 Å². The van der Waals surface area contributed by atoms with Gasteiger partial charge in [-0.05, 0) is 61.0 Å². The van der Waals surface area contributed by atoms with Crippen LogP contribution in [0.15, 0.2) is 67.8 Å². The molecule has 0 amide bonds. The molecule has 6 aromatic rings. The number of aromatic nitrogens is 6. The number of thiophene rings is 1. The maximum Gasteiger partial charge on any atom is 0.135 e. The summed E-state index contributed by atoms with van der Waals surface area (Å²) < 4.78 is 0. The van der Waals surface area contributed by atoms with Crippen molar-refractivity contribution in [2.45, 2.75) is 20.4 Å². The van der Waals surface area contributed by atoms with Crippen molar-refractivity contribution >= 4 is 38.8 Å². The first-order valence-electron chi connectivity index (χ1n) is 11.8. The van der Waals surface area contributed by atoms with E-state index in [0.717, 1.165) is 79.2 Å². The fourth-order valence-corrected chi connectivity index (χ4v) is 5.28. The number of H-pyrrole nitrogens is 2. The third-order valence-electron chi connectivity index (χ3n) is 6.17. The third-order valence-corrected chi connectivity index (χ3v) is 7.45. The molecule has 6 rings (SSSR count). The van der Waals surface area contributed by atoms with Gasteiger partial charge in [0.2, 0.25) is 0 Å². The Labute approximate surface area is 212 Å². The Hall–Kier alpha value is -4.14. The highest BCUT2D eigenvalue weighted by Crippen LogP contribution is 2.37. The van der Waals surface area contributed by atoms with E-state index in [1.807, 2.05) is 43.8 Å². The van der Waals surface area contributed by atoms with Crippen molar-refractivity contribution in [3.63, 3.8) is 0 Å². The van der Waals surface area contributed by atoms with Crippen LogP contribution in [0.4, 0.5) is 0 Å². The first-order valence-corrected chi connectivity index (χ1v) is 12.7. The van der Waals surface area contributed by atoms with Gasteiger partial charge >= 0.3 is 0 Å². The monoisotopic (exact) mass is 491 g/mol. The summed E-state index contributed by atoms with van der Waals surface area (Å²) in [6.07, 6.45) is 7.51. The molecule has 0 spiro atoms. The number of nitrogens with one attached hydrogen (secondary N) is 3. The van der Waals surface area contributed by atoms with Crippen molar-refractivity contribution in [1.82, 2.24) is 35.5 Å².